The summed E-state index contributed by atoms with van der Waals surface area (Å²) in [5.74, 6) is 2.90. The van der Waals surface area contributed by atoms with E-state index in [-0.39, 0.29) is 15.8 Å². The summed E-state index contributed by atoms with van der Waals surface area (Å²) < 4.78 is 1.20. The molecule has 19 heavy (non-hydrogen) atoms. The summed E-state index contributed by atoms with van der Waals surface area (Å²) in [7, 11) is 0. The highest BCUT2D eigenvalue weighted by Crippen LogP contribution is 2.34. The topological polar surface area (TPSA) is 0 Å². The van der Waals surface area contributed by atoms with Gasteiger partial charge in [0.25, 0.3) is 0 Å². The first kappa shape index (κ1) is 19.0. The molecule has 0 aromatic heterocycles. The van der Waals surface area contributed by atoms with Crippen LogP contribution in [0.1, 0.15) is 34.1 Å². The number of allylic oxidation sites excluding steroid dienone is 3. The van der Waals surface area contributed by atoms with Gasteiger partial charge in [-0.2, -0.15) is 0 Å². The average molecular weight is 394 g/mol. The van der Waals surface area contributed by atoms with E-state index < -0.39 is 0 Å². The Morgan fingerprint density at radius 2 is 1.84 bits per heavy atom. The van der Waals surface area contributed by atoms with Crippen molar-refractivity contribution in [2.75, 3.05) is 13.1 Å². The summed E-state index contributed by atoms with van der Waals surface area (Å²) in [6.45, 7) is 11.1. The molecule has 0 heterocycles. The maximum absolute atomic E-state index is 5.64. The first-order valence-electron chi connectivity index (χ1n) is 6.69. The molecule has 1 rings (SSSR count). The molecular formula is C16H25ClIN. The zero-order valence-corrected chi connectivity index (χ0v) is 15.3. The van der Waals surface area contributed by atoms with Gasteiger partial charge in [-0.15, -0.1) is 6.42 Å². The van der Waals surface area contributed by atoms with Crippen LogP contribution < -0.4 is 12.4 Å². The number of rotatable bonds is 5. The Hall–Kier alpha value is 0.0200. The van der Waals surface area contributed by atoms with Crippen LogP contribution in [0.25, 0.3) is 0 Å². The molecule has 0 N–H and O–H groups in total. The number of terminal acetylenes is 1. The minimum Gasteiger partial charge on any atom is -1.00 e. The van der Waals surface area contributed by atoms with Gasteiger partial charge in [0, 0.05) is 0 Å². The second kappa shape index (κ2) is 7.71. The van der Waals surface area contributed by atoms with E-state index in [0.717, 1.165) is 24.0 Å². The SMILES string of the molecule is C#CC[N+](CC1(I)C=CC=CC1)(C(C)C)C(C)C.[Cl-]. The van der Waals surface area contributed by atoms with E-state index in [9.17, 15) is 0 Å². The Morgan fingerprint density at radius 3 is 2.21 bits per heavy atom. The average Bonchev–Trinajstić information content (AvgIpc) is 2.28. The molecule has 0 aromatic rings. The van der Waals surface area contributed by atoms with Gasteiger partial charge in [-0.1, -0.05) is 46.9 Å². The molecule has 1 atom stereocenters. The number of nitrogens with zero attached hydrogens (tertiary/aromatic N) is 1. The summed E-state index contributed by atoms with van der Waals surface area (Å²) >= 11 is 2.60. The number of hydrogen-bond acceptors (Lipinski definition) is 0. The second-order valence-electron chi connectivity index (χ2n) is 5.84. The van der Waals surface area contributed by atoms with Gasteiger partial charge in [0.15, 0.2) is 0 Å². The molecule has 0 saturated carbocycles. The molecule has 1 nitrogen and oxygen atoms in total. The van der Waals surface area contributed by atoms with Gasteiger partial charge < -0.3 is 16.9 Å². The minimum absolute atomic E-state index is 0. The normalized spacial score (nSPS) is 22.4. The summed E-state index contributed by atoms with van der Waals surface area (Å²) in [4.78, 5) is 0. The summed E-state index contributed by atoms with van der Waals surface area (Å²) in [6, 6.07) is 1.10. The highest BCUT2D eigenvalue weighted by atomic mass is 127. The van der Waals surface area contributed by atoms with Crippen LogP contribution in [0.3, 0.4) is 0 Å². The molecule has 0 aromatic carbocycles. The van der Waals surface area contributed by atoms with Crippen LogP contribution in [0.2, 0.25) is 0 Å². The summed E-state index contributed by atoms with van der Waals surface area (Å²) in [6.07, 6.45) is 15.6. The highest BCUT2D eigenvalue weighted by Gasteiger charge is 2.41. The molecule has 0 aliphatic heterocycles. The van der Waals surface area contributed by atoms with Crippen LogP contribution in [-0.4, -0.2) is 33.1 Å². The molecule has 108 valence electrons. The predicted molar refractivity (Wildman–Crippen MR) is 88.7 cm³/mol. The number of halogens is 2. The van der Waals surface area contributed by atoms with E-state index in [0.29, 0.717) is 12.1 Å². The van der Waals surface area contributed by atoms with Crippen LogP contribution in [-0.2, 0) is 0 Å². The van der Waals surface area contributed by atoms with Gasteiger partial charge in [-0.3, -0.25) is 0 Å². The van der Waals surface area contributed by atoms with Gasteiger partial charge >= 0.3 is 0 Å². The van der Waals surface area contributed by atoms with Gasteiger partial charge in [-0.05, 0) is 40.0 Å². The molecular weight excluding hydrogens is 369 g/mol. The summed E-state index contributed by atoms with van der Waals surface area (Å²) in [5, 5.41) is 0. The van der Waals surface area contributed by atoms with Gasteiger partial charge in [0.2, 0.25) is 0 Å². The quantitative estimate of drug-likeness (QED) is 0.282. The number of quaternary nitrogens is 1. The van der Waals surface area contributed by atoms with Crippen molar-refractivity contribution in [2.45, 2.75) is 49.6 Å². The molecule has 0 amide bonds. The van der Waals surface area contributed by atoms with Crippen molar-refractivity contribution in [1.29, 1.82) is 0 Å². The first-order valence-corrected chi connectivity index (χ1v) is 7.77. The Bertz CT molecular complexity index is 371. The molecule has 0 spiro atoms. The minimum atomic E-state index is 0. The molecule has 0 bridgehead atoms. The van der Waals surface area contributed by atoms with E-state index in [2.05, 4.69) is 80.5 Å². The lowest BCUT2D eigenvalue weighted by Crippen LogP contribution is -3.00. The Morgan fingerprint density at radius 1 is 1.26 bits per heavy atom. The van der Waals surface area contributed by atoms with Gasteiger partial charge in [-0.25, -0.2) is 0 Å². The van der Waals surface area contributed by atoms with Crippen molar-refractivity contribution in [3.05, 3.63) is 24.3 Å². The zero-order valence-electron chi connectivity index (χ0n) is 12.4. The lowest BCUT2D eigenvalue weighted by atomic mass is 9.96. The van der Waals surface area contributed by atoms with E-state index in [4.69, 9.17) is 6.42 Å². The van der Waals surface area contributed by atoms with Crippen molar-refractivity contribution in [3.8, 4) is 12.3 Å². The molecule has 0 fully saturated rings. The fourth-order valence-corrected chi connectivity index (χ4v) is 3.89. The molecule has 1 aliphatic rings. The van der Waals surface area contributed by atoms with Crippen molar-refractivity contribution in [3.63, 3.8) is 0 Å². The third kappa shape index (κ3) is 4.51. The van der Waals surface area contributed by atoms with E-state index >= 15 is 0 Å². The van der Waals surface area contributed by atoms with Gasteiger partial charge in [0.05, 0.1) is 22.1 Å². The van der Waals surface area contributed by atoms with Crippen LogP contribution in [0, 0.1) is 12.3 Å². The molecule has 0 saturated heterocycles. The van der Waals surface area contributed by atoms with Crippen molar-refractivity contribution < 1.29 is 16.9 Å². The number of hydrogen-bond donors (Lipinski definition) is 0. The highest BCUT2D eigenvalue weighted by molar-refractivity contribution is 14.1. The van der Waals surface area contributed by atoms with Crippen LogP contribution >= 0.6 is 22.6 Å². The molecule has 1 unspecified atom stereocenters. The van der Waals surface area contributed by atoms with Crippen molar-refractivity contribution in [1.82, 2.24) is 0 Å². The third-order valence-corrected chi connectivity index (χ3v) is 5.24. The fourth-order valence-electron chi connectivity index (χ4n) is 2.80. The van der Waals surface area contributed by atoms with Crippen molar-refractivity contribution in [2.24, 2.45) is 0 Å². The zero-order chi connectivity index (χ0) is 13.8. The largest absolute Gasteiger partial charge is 1.00 e. The number of alkyl halides is 1. The molecule has 1 aliphatic carbocycles. The van der Waals surface area contributed by atoms with E-state index in [1.807, 2.05) is 0 Å². The summed E-state index contributed by atoms with van der Waals surface area (Å²) in [5.41, 5.74) is 0. The Balaban J connectivity index is 0.00000324. The standard InChI is InChI=1S/C16H25IN.ClH/c1-6-12-18(14(2)3,15(4)5)13-16(17)10-8-7-9-11-16;/h1,7-10,14-15H,11-13H2,2-5H3;1H/q+1;/p-1. The Kier molecular flexibility index (Phi) is 7.72. The lowest BCUT2D eigenvalue weighted by molar-refractivity contribution is -0.961. The lowest BCUT2D eigenvalue weighted by Gasteiger charge is -2.48. The van der Waals surface area contributed by atoms with E-state index in [1.165, 1.54) is 0 Å². The maximum Gasteiger partial charge on any atom is 0.141 e. The maximum atomic E-state index is 5.64. The third-order valence-electron chi connectivity index (χ3n) is 4.10. The van der Waals surface area contributed by atoms with Gasteiger partial charge in [0.1, 0.15) is 6.54 Å². The predicted octanol–water partition coefficient (Wildman–Crippen LogP) is 0.947. The monoisotopic (exact) mass is 393 g/mol. The van der Waals surface area contributed by atoms with E-state index in [1.54, 1.807) is 0 Å². The van der Waals surface area contributed by atoms with Crippen molar-refractivity contribution >= 4 is 22.6 Å². The van der Waals surface area contributed by atoms with Crippen LogP contribution in [0.5, 0.6) is 0 Å². The molecule has 3 heteroatoms. The first-order chi connectivity index (χ1) is 8.36. The van der Waals surface area contributed by atoms with Crippen LogP contribution in [0.15, 0.2) is 24.3 Å². The Labute approximate surface area is 138 Å². The second-order valence-corrected chi connectivity index (χ2v) is 7.99. The fraction of sp³-hybridized carbons (Fsp3) is 0.625. The smallest absolute Gasteiger partial charge is 0.141 e. The van der Waals surface area contributed by atoms with Crippen LogP contribution in [0.4, 0.5) is 0 Å². The molecule has 0 radical (unpaired) electrons.